The van der Waals surface area contributed by atoms with E-state index in [1.165, 1.54) is 12.1 Å². The van der Waals surface area contributed by atoms with E-state index in [2.05, 4.69) is 0 Å². The summed E-state index contributed by atoms with van der Waals surface area (Å²) in [5.41, 5.74) is 6.20. The van der Waals surface area contributed by atoms with E-state index >= 15 is 0 Å². The van der Waals surface area contributed by atoms with Crippen molar-refractivity contribution in [3.63, 3.8) is 0 Å². The van der Waals surface area contributed by atoms with Gasteiger partial charge in [0.1, 0.15) is 11.6 Å². The molecule has 0 aliphatic rings. The van der Waals surface area contributed by atoms with Crippen LogP contribution >= 0.6 is 0 Å². The molecule has 1 atom stereocenters. The largest absolute Gasteiger partial charge is 0.374 e. The van der Waals surface area contributed by atoms with Gasteiger partial charge in [0.15, 0.2) is 0 Å². The van der Waals surface area contributed by atoms with Crippen LogP contribution < -0.4 is 5.73 Å². The third-order valence-corrected chi connectivity index (χ3v) is 3.76. The minimum Gasteiger partial charge on any atom is -0.374 e. The maximum Gasteiger partial charge on any atom is 0.129 e. The summed E-state index contributed by atoms with van der Waals surface area (Å²) < 4.78 is 32.3. The van der Waals surface area contributed by atoms with Gasteiger partial charge < -0.3 is 10.5 Å². The third-order valence-electron chi connectivity index (χ3n) is 3.76. The first-order valence-electron chi connectivity index (χ1n) is 6.82. The van der Waals surface area contributed by atoms with Crippen molar-refractivity contribution in [3.05, 3.63) is 35.4 Å². The van der Waals surface area contributed by atoms with E-state index < -0.39 is 17.2 Å². The molecule has 2 N–H and O–H groups in total. The van der Waals surface area contributed by atoms with Crippen molar-refractivity contribution in [1.82, 2.24) is 0 Å². The number of rotatable bonds is 7. The van der Waals surface area contributed by atoms with Crippen molar-refractivity contribution >= 4 is 0 Å². The highest BCUT2D eigenvalue weighted by Gasteiger charge is 2.34. The van der Waals surface area contributed by atoms with Crippen molar-refractivity contribution in [2.24, 2.45) is 5.73 Å². The lowest BCUT2D eigenvalue weighted by molar-refractivity contribution is -0.0634. The molecule has 0 amide bonds. The quantitative estimate of drug-likeness (QED) is 0.824. The second kappa shape index (κ2) is 6.96. The second-order valence-electron chi connectivity index (χ2n) is 4.75. The maximum atomic E-state index is 13.7. The maximum absolute atomic E-state index is 13.7. The fourth-order valence-electron chi connectivity index (χ4n) is 2.48. The summed E-state index contributed by atoms with van der Waals surface area (Å²) in [5.74, 6) is -1.12. The van der Waals surface area contributed by atoms with Crippen LogP contribution in [-0.4, -0.2) is 18.2 Å². The number of benzene rings is 1. The SMILES string of the molecule is CCOC(CC)(CC)C(N)Cc1ccc(F)cc1F. The number of nitrogens with two attached hydrogens (primary N) is 1. The van der Waals surface area contributed by atoms with Gasteiger partial charge in [-0.15, -0.1) is 0 Å². The molecule has 0 fully saturated rings. The predicted molar refractivity (Wildman–Crippen MR) is 73.0 cm³/mol. The first-order valence-corrected chi connectivity index (χ1v) is 6.82. The topological polar surface area (TPSA) is 35.2 Å². The minimum atomic E-state index is -0.572. The molecule has 1 unspecified atom stereocenters. The van der Waals surface area contributed by atoms with Gasteiger partial charge >= 0.3 is 0 Å². The van der Waals surface area contributed by atoms with Crippen molar-refractivity contribution < 1.29 is 13.5 Å². The molecule has 0 radical (unpaired) electrons. The molecule has 1 aromatic carbocycles. The highest BCUT2D eigenvalue weighted by molar-refractivity contribution is 5.20. The zero-order valence-electron chi connectivity index (χ0n) is 11.9. The number of hydrogen-bond acceptors (Lipinski definition) is 2. The van der Waals surface area contributed by atoms with Gasteiger partial charge in [-0.05, 0) is 37.8 Å². The summed E-state index contributed by atoms with van der Waals surface area (Å²) in [6.07, 6.45) is 1.87. The minimum absolute atomic E-state index is 0.317. The Kier molecular flexibility index (Phi) is 5.88. The van der Waals surface area contributed by atoms with Crippen LogP contribution in [0.5, 0.6) is 0 Å². The van der Waals surface area contributed by atoms with Crippen LogP contribution in [0.15, 0.2) is 18.2 Å². The fourth-order valence-corrected chi connectivity index (χ4v) is 2.48. The summed E-state index contributed by atoms with van der Waals surface area (Å²) in [4.78, 5) is 0. The molecule has 4 heteroatoms. The zero-order chi connectivity index (χ0) is 14.5. The van der Waals surface area contributed by atoms with Crippen LogP contribution in [0.3, 0.4) is 0 Å². The van der Waals surface area contributed by atoms with Crippen molar-refractivity contribution in [2.75, 3.05) is 6.61 Å². The Balaban J connectivity index is 2.89. The zero-order valence-corrected chi connectivity index (χ0v) is 11.9. The number of halogens is 2. The molecule has 0 heterocycles. The van der Waals surface area contributed by atoms with E-state index in [-0.39, 0.29) is 6.04 Å². The van der Waals surface area contributed by atoms with Gasteiger partial charge in [0.2, 0.25) is 0 Å². The standard InChI is InChI=1S/C15H23F2NO/c1-4-15(5-2,19-6-3)14(18)9-11-7-8-12(16)10-13(11)17/h7-8,10,14H,4-6,9,18H2,1-3H3. The van der Waals surface area contributed by atoms with E-state index in [0.29, 0.717) is 18.6 Å². The van der Waals surface area contributed by atoms with E-state index in [0.717, 1.165) is 18.9 Å². The second-order valence-corrected chi connectivity index (χ2v) is 4.75. The van der Waals surface area contributed by atoms with E-state index in [1.54, 1.807) is 0 Å². The van der Waals surface area contributed by atoms with E-state index in [4.69, 9.17) is 10.5 Å². The molecule has 0 saturated heterocycles. The molecular weight excluding hydrogens is 248 g/mol. The lowest BCUT2D eigenvalue weighted by Crippen LogP contribution is -2.50. The number of hydrogen-bond donors (Lipinski definition) is 1. The van der Waals surface area contributed by atoms with Crippen LogP contribution in [0.2, 0.25) is 0 Å². The fraction of sp³-hybridized carbons (Fsp3) is 0.600. The van der Waals surface area contributed by atoms with Crippen molar-refractivity contribution in [2.45, 2.75) is 51.7 Å². The summed E-state index contributed by atoms with van der Waals surface area (Å²) in [5, 5.41) is 0. The summed E-state index contributed by atoms with van der Waals surface area (Å²) in [7, 11) is 0. The molecule has 0 aromatic heterocycles. The van der Waals surface area contributed by atoms with Crippen LogP contribution in [0, 0.1) is 11.6 Å². The Morgan fingerprint density at radius 1 is 1.21 bits per heavy atom. The van der Waals surface area contributed by atoms with Gasteiger partial charge in [-0.2, -0.15) is 0 Å². The highest BCUT2D eigenvalue weighted by Crippen LogP contribution is 2.26. The smallest absolute Gasteiger partial charge is 0.129 e. The Morgan fingerprint density at radius 2 is 1.84 bits per heavy atom. The van der Waals surface area contributed by atoms with Crippen LogP contribution in [0.4, 0.5) is 8.78 Å². The molecule has 19 heavy (non-hydrogen) atoms. The Labute approximate surface area is 114 Å². The van der Waals surface area contributed by atoms with Gasteiger partial charge in [0.05, 0.1) is 5.60 Å². The molecule has 0 aliphatic carbocycles. The molecule has 0 saturated carbocycles. The molecule has 108 valence electrons. The van der Waals surface area contributed by atoms with E-state index in [1.807, 2.05) is 20.8 Å². The molecule has 0 bridgehead atoms. The first-order chi connectivity index (χ1) is 8.99. The molecular formula is C15H23F2NO. The van der Waals surface area contributed by atoms with Crippen molar-refractivity contribution in [1.29, 1.82) is 0 Å². The van der Waals surface area contributed by atoms with Crippen LogP contribution in [0.1, 0.15) is 39.2 Å². The highest BCUT2D eigenvalue weighted by atomic mass is 19.1. The summed E-state index contributed by atoms with van der Waals surface area (Å²) in [6, 6.07) is 3.28. The Hall–Kier alpha value is -1.00. The molecule has 1 rings (SSSR count). The lowest BCUT2D eigenvalue weighted by Gasteiger charge is -2.37. The van der Waals surface area contributed by atoms with E-state index in [9.17, 15) is 8.78 Å². The molecule has 0 aliphatic heterocycles. The average molecular weight is 271 g/mol. The lowest BCUT2D eigenvalue weighted by atomic mass is 9.85. The molecule has 0 spiro atoms. The third kappa shape index (κ3) is 3.74. The predicted octanol–water partition coefficient (Wildman–Crippen LogP) is 3.43. The van der Waals surface area contributed by atoms with Gasteiger partial charge in [-0.25, -0.2) is 8.78 Å². The van der Waals surface area contributed by atoms with Crippen molar-refractivity contribution in [3.8, 4) is 0 Å². The summed E-state index contributed by atoms with van der Waals surface area (Å²) in [6.45, 7) is 6.52. The van der Waals surface area contributed by atoms with Gasteiger partial charge in [0, 0.05) is 18.7 Å². The van der Waals surface area contributed by atoms with Gasteiger partial charge in [-0.1, -0.05) is 19.9 Å². The average Bonchev–Trinajstić information content (AvgIpc) is 2.39. The van der Waals surface area contributed by atoms with Gasteiger partial charge in [-0.3, -0.25) is 0 Å². The van der Waals surface area contributed by atoms with Crippen LogP contribution in [0.25, 0.3) is 0 Å². The normalized spacial score (nSPS) is 13.6. The monoisotopic (exact) mass is 271 g/mol. The molecule has 2 nitrogen and oxygen atoms in total. The van der Waals surface area contributed by atoms with Gasteiger partial charge in [0.25, 0.3) is 0 Å². The Morgan fingerprint density at radius 3 is 2.32 bits per heavy atom. The first kappa shape index (κ1) is 16.1. The molecule has 1 aromatic rings. The number of ether oxygens (including phenoxy) is 1. The Bertz CT molecular complexity index is 405. The van der Waals surface area contributed by atoms with Crippen LogP contribution in [-0.2, 0) is 11.2 Å². The summed E-state index contributed by atoms with van der Waals surface area (Å²) >= 11 is 0.